The highest BCUT2D eigenvalue weighted by atomic mass is 32.2. The summed E-state index contributed by atoms with van der Waals surface area (Å²) >= 11 is 1.13. The number of nitrogens with one attached hydrogen (secondary N) is 1. The van der Waals surface area contributed by atoms with E-state index in [4.69, 9.17) is 9.47 Å². The van der Waals surface area contributed by atoms with Crippen LogP contribution in [0.4, 0.5) is 0 Å². The lowest BCUT2D eigenvalue weighted by Gasteiger charge is -2.11. The van der Waals surface area contributed by atoms with E-state index in [-0.39, 0.29) is 11.8 Å². The summed E-state index contributed by atoms with van der Waals surface area (Å²) < 4.78 is 11.1. The Morgan fingerprint density at radius 3 is 2.61 bits per heavy atom. The number of hydrogen-bond donors (Lipinski definition) is 1. The van der Waals surface area contributed by atoms with Gasteiger partial charge in [-0.15, -0.1) is 0 Å². The highest BCUT2D eigenvalue weighted by Gasteiger charge is 2.22. The van der Waals surface area contributed by atoms with Crippen LogP contribution in [-0.4, -0.2) is 30.2 Å². The molecule has 0 unspecified atom stereocenters. The smallest absolute Gasteiger partial charge is 0.286 e. The van der Waals surface area contributed by atoms with Crippen LogP contribution in [0.3, 0.4) is 0 Å². The van der Waals surface area contributed by atoms with Gasteiger partial charge in [-0.25, -0.2) is 0 Å². The summed E-state index contributed by atoms with van der Waals surface area (Å²) in [4.78, 5) is 27.1. The average Bonchev–Trinajstić information content (AvgIpc) is 2.81. The fraction of sp³-hybridized carbons (Fsp3) is 0.312. The standard InChI is InChI=1S/C16H18N2O4S/c1-4-21-12-7-6-11(8-13(12)22-5-2)9-14-15(20)18-16(23-14)17-10(3)19/h6-9H,4-5H2,1-3H3,(H,17,18,19,20). The van der Waals surface area contributed by atoms with E-state index in [1.165, 1.54) is 6.92 Å². The molecule has 0 aromatic heterocycles. The van der Waals surface area contributed by atoms with Gasteiger partial charge in [0.15, 0.2) is 16.7 Å². The summed E-state index contributed by atoms with van der Waals surface area (Å²) in [6.45, 7) is 6.23. The molecule has 0 radical (unpaired) electrons. The molecular formula is C16H18N2O4S. The van der Waals surface area contributed by atoms with Crippen molar-refractivity contribution >= 4 is 34.8 Å². The summed E-state index contributed by atoms with van der Waals surface area (Å²) in [5.41, 5.74) is 0.798. The summed E-state index contributed by atoms with van der Waals surface area (Å²) in [6.07, 6.45) is 1.71. The van der Waals surface area contributed by atoms with Crippen molar-refractivity contribution < 1.29 is 19.1 Å². The molecule has 1 N–H and O–H groups in total. The van der Waals surface area contributed by atoms with Crippen molar-refractivity contribution in [3.8, 4) is 11.5 Å². The lowest BCUT2D eigenvalue weighted by atomic mass is 10.2. The molecule has 6 nitrogen and oxygen atoms in total. The molecule has 1 heterocycles. The molecule has 0 saturated carbocycles. The Labute approximate surface area is 139 Å². The third-order valence-corrected chi connectivity index (χ3v) is 3.67. The van der Waals surface area contributed by atoms with E-state index in [0.717, 1.165) is 17.3 Å². The second-order valence-electron chi connectivity index (χ2n) is 4.59. The molecule has 0 spiro atoms. The van der Waals surface area contributed by atoms with Crippen molar-refractivity contribution in [3.05, 3.63) is 28.7 Å². The number of carbonyl (C=O) groups is 2. The van der Waals surface area contributed by atoms with Gasteiger partial charge in [-0.2, -0.15) is 4.99 Å². The second-order valence-corrected chi connectivity index (χ2v) is 5.62. The van der Waals surface area contributed by atoms with Crippen LogP contribution in [0.1, 0.15) is 26.3 Å². The SMILES string of the molecule is CCOc1ccc(C=C2SC(NC(C)=O)=NC2=O)cc1OCC. The molecule has 0 aliphatic carbocycles. The molecule has 1 aromatic rings. The number of carbonyl (C=O) groups excluding carboxylic acids is 2. The Kier molecular flexibility index (Phi) is 5.81. The third kappa shape index (κ3) is 4.59. The minimum Gasteiger partial charge on any atom is -0.490 e. The van der Waals surface area contributed by atoms with Crippen molar-refractivity contribution in [3.63, 3.8) is 0 Å². The van der Waals surface area contributed by atoms with Crippen LogP contribution in [0.5, 0.6) is 11.5 Å². The van der Waals surface area contributed by atoms with Gasteiger partial charge in [-0.3, -0.25) is 9.59 Å². The van der Waals surface area contributed by atoms with Crippen LogP contribution in [0.15, 0.2) is 28.1 Å². The molecule has 23 heavy (non-hydrogen) atoms. The van der Waals surface area contributed by atoms with Crippen molar-refractivity contribution in [2.45, 2.75) is 20.8 Å². The average molecular weight is 334 g/mol. The summed E-state index contributed by atoms with van der Waals surface area (Å²) in [6, 6.07) is 5.46. The predicted molar refractivity (Wildman–Crippen MR) is 90.6 cm³/mol. The van der Waals surface area contributed by atoms with E-state index in [0.29, 0.717) is 34.8 Å². The van der Waals surface area contributed by atoms with E-state index in [9.17, 15) is 9.59 Å². The number of rotatable bonds is 5. The van der Waals surface area contributed by atoms with Crippen LogP contribution >= 0.6 is 11.8 Å². The van der Waals surface area contributed by atoms with E-state index < -0.39 is 0 Å². The fourth-order valence-electron chi connectivity index (χ4n) is 1.92. The van der Waals surface area contributed by atoms with E-state index in [2.05, 4.69) is 10.3 Å². The quantitative estimate of drug-likeness (QED) is 0.838. The van der Waals surface area contributed by atoms with Crippen LogP contribution in [0.2, 0.25) is 0 Å². The number of thioether (sulfide) groups is 1. The molecule has 0 saturated heterocycles. The van der Waals surface area contributed by atoms with Gasteiger partial charge in [-0.05, 0) is 49.4 Å². The van der Waals surface area contributed by atoms with Gasteiger partial charge in [0.25, 0.3) is 5.91 Å². The van der Waals surface area contributed by atoms with Gasteiger partial charge < -0.3 is 14.8 Å². The van der Waals surface area contributed by atoms with E-state index >= 15 is 0 Å². The Morgan fingerprint density at radius 1 is 1.26 bits per heavy atom. The molecule has 7 heteroatoms. The number of aliphatic imine (C=N–C) groups is 1. The third-order valence-electron chi connectivity index (χ3n) is 2.77. The van der Waals surface area contributed by atoms with Crippen molar-refractivity contribution in [2.75, 3.05) is 13.2 Å². The minimum atomic E-state index is -0.370. The maximum atomic E-state index is 11.9. The van der Waals surface area contributed by atoms with Crippen LogP contribution in [0, 0.1) is 0 Å². The van der Waals surface area contributed by atoms with Gasteiger partial charge >= 0.3 is 0 Å². The predicted octanol–water partition coefficient (Wildman–Crippen LogP) is 2.59. The number of nitrogens with zero attached hydrogens (tertiary/aromatic N) is 1. The van der Waals surface area contributed by atoms with Crippen LogP contribution < -0.4 is 14.8 Å². The first-order valence-corrected chi connectivity index (χ1v) is 8.05. The lowest BCUT2D eigenvalue weighted by molar-refractivity contribution is -0.117. The van der Waals surface area contributed by atoms with Gasteiger partial charge in [0.2, 0.25) is 5.91 Å². The first-order valence-electron chi connectivity index (χ1n) is 7.23. The first-order chi connectivity index (χ1) is 11.0. The number of hydrogen-bond acceptors (Lipinski definition) is 5. The lowest BCUT2D eigenvalue weighted by Crippen LogP contribution is -2.23. The highest BCUT2D eigenvalue weighted by molar-refractivity contribution is 8.18. The summed E-state index contributed by atoms with van der Waals surface area (Å²) in [5.74, 6) is 0.662. The van der Waals surface area contributed by atoms with Gasteiger partial charge in [-0.1, -0.05) is 6.07 Å². The Hall–Kier alpha value is -2.28. The van der Waals surface area contributed by atoms with Crippen molar-refractivity contribution in [2.24, 2.45) is 4.99 Å². The van der Waals surface area contributed by atoms with Crippen molar-refractivity contribution in [1.29, 1.82) is 0 Å². The molecule has 0 atom stereocenters. The second kappa shape index (κ2) is 7.82. The summed E-state index contributed by atoms with van der Waals surface area (Å²) in [7, 11) is 0. The fourth-order valence-corrected chi connectivity index (χ4v) is 2.78. The Bertz CT molecular complexity index is 683. The zero-order chi connectivity index (χ0) is 16.8. The normalized spacial score (nSPS) is 15.5. The molecule has 0 fully saturated rings. The van der Waals surface area contributed by atoms with Crippen LogP contribution in [-0.2, 0) is 9.59 Å². The molecule has 122 valence electrons. The number of benzene rings is 1. The number of amidine groups is 1. The molecule has 1 aromatic carbocycles. The molecule has 1 aliphatic heterocycles. The number of amides is 2. The van der Waals surface area contributed by atoms with E-state index in [1.807, 2.05) is 26.0 Å². The number of ether oxygens (including phenoxy) is 2. The zero-order valence-corrected chi connectivity index (χ0v) is 14.0. The molecule has 2 rings (SSSR count). The molecule has 0 bridgehead atoms. The van der Waals surface area contributed by atoms with Crippen molar-refractivity contribution in [1.82, 2.24) is 5.32 Å². The molecule has 2 amide bonds. The maximum absolute atomic E-state index is 11.9. The molecular weight excluding hydrogens is 316 g/mol. The Morgan fingerprint density at radius 2 is 1.96 bits per heavy atom. The minimum absolute atomic E-state index is 0.259. The van der Waals surface area contributed by atoms with Gasteiger partial charge in [0.1, 0.15) is 0 Å². The largest absolute Gasteiger partial charge is 0.490 e. The first kappa shape index (κ1) is 17.1. The Balaban J connectivity index is 2.21. The van der Waals surface area contributed by atoms with E-state index in [1.54, 1.807) is 12.1 Å². The zero-order valence-electron chi connectivity index (χ0n) is 13.2. The topological polar surface area (TPSA) is 77.0 Å². The highest BCUT2D eigenvalue weighted by Crippen LogP contribution is 2.32. The molecule has 1 aliphatic rings. The van der Waals surface area contributed by atoms with Gasteiger partial charge in [0, 0.05) is 6.92 Å². The monoisotopic (exact) mass is 334 g/mol. The van der Waals surface area contributed by atoms with Gasteiger partial charge in [0.05, 0.1) is 18.1 Å². The van der Waals surface area contributed by atoms with Crippen LogP contribution in [0.25, 0.3) is 6.08 Å². The summed E-state index contributed by atoms with van der Waals surface area (Å²) in [5, 5.41) is 2.81. The maximum Gasteiger partial charge on any atom is 0.286 e.